The number of imide groups is 1. The van der Waals surface area contributed by atoms with E-state index in [1.54, 1.807) is 54.6 Å². The van der Waals surface area contributed by atoms with Gasteiger partial charge in [0.2, 0.25) is 0 Å². The van der Waals surface area contributed by atoms with Crippen molar-refractivity contribution in [1.29, 1.82) is 0 Å². The van der Waals surface area contributed by atoms with Gasteiger partial charge >= 0.3 is 0 Å². The molecule has 1 aliphatic heterocycles. The van der Waals surface area contributed by atoms with Crippen molar-refractivity contribution in [3.8, 4) is 11.5 Å². The van der Waals surface area contributed by atoms with Crippen molar-refractivity contribution in [2.75, 3.05) is 24.4 Å². The maximum absolute atomic E-state index is 13.6. The molecule has 8 heteroatoms. The van der Waals surface area contributed by atoms with Gasteiger partial charge in [0, 0.05) is 10.0 Å². The molecule has 3 aromatic rings. The smallest absolute Gasteiger partial charge is 0.282 e. The third-order valence-electron chi connectivity index (χ3n) is 4.95. The predicted molar refractivity (Wildman–Crippen MR) is 125 cm³/mol. The Morgan fingerprint density at radius 2 is 1.41 bits per heavy atom. The van der Waals surface area contributed by atoms with E-state index < -0.39 is 11.8 Å². The lowest BCUT2D eigenvalue weighted by Crippen LogP contribution is -2.32. The first kappa shape index (κ1) is 21.7. The first-order valence-corrected chi connectivity index (χ1v) is 10.3. The van der Waals surface area contributed by atoms with Gasteiger partial charge in [-0.2, -0.15) is 0 Å². The second kappa shape index (κ2) is 8.94. The number of nitrogens with zero attached hydrogens (tertiary/aromatic N) is 1. The van der Waals surface area contributed by atoms with E-state index in [0.29, 0.717) is 32.8 Å². The van der Waals surface area contributed by atoms with Gasteiger partial charge in [-0.15, -0.1) is 0 Å². The zero-order valence-corrected chi connectivity index (χ0v) is 18.7. The molecule has 0 radical (unpaired) electrons. The van der Waals surface area contributed by atoms with Gasteiger partial charge in [-0.1, -0.05) is 53.5 Å². The number of methoxy groups -OCH3 is 2. The minimum atomic E-state index is -0.559. The molecule has 0 aromatic heterocycles. The summed E-state index contributed by atoms with van der Waals surface area (Å²) in [4.78, 5) is 28.2. The first-order chi connectivity index (χ1) is 15.4. The fourth-order valence-corrected chi connectivity index (χ4v) is 3.83. The topological polar surface area (TPSA) is 67.9 Å². The number of hydrogen-bond acceptors (Lipinski definition) is 5. The van der Waals surface area contributed by atoms with E-state index in [9.17, 15) is 9.59 Å². The molecule has 1 heterocycles. The highest BCUT2D eigenvalue weighted by atomic mass is 35.5. The van der Waals surface area contributed by atoms with Crippen molar-refractivity contribution in [1.82, 2.24) is 0 Å². The Bertz CT molecular complexity index is 1240. The highest BCUT2D eigenvalue weighted by molar-refractivity contribution is 6.46. The largest absolute Gasteiger partial charge is 0.495 e. The summed E-state index contributed by atoms with van der Waals surface area (Å²) in [6.45, 7) is 0. The van der Waals surface area contributed by atoms with Crippen LogP contribution in [0.4, 0.5) is 11.4 Å². The van der Waals surface area contributed by atoms with Gasteiger partial charge in [-0.25, -0.2) is 4.90 Å². The molecule has 3 aromatic carbocycles. The zero-order chi connectivity index (χ0) is 22.8. The average Bonchev–Trinajstić information content (AvgIpc) is 3.03. The van der Waals surface area contributed by atoms with Crippen LogP contribution in [0.5, 0.6) is 11.5 Å². The second-order valence-corrected chi connectivity index (χ2v) is 7.72. The fourth-order valence-electron chi connectivity index (χ4n) is 3.49. The monoisotopic (exact) mass is 468 g/mol. The van der Waals surface area contributed by atoms with Crippen LogP contribution in [0.2, 0.25) is 10.0 Å². The Labute approximate surface area is 195 Å². The van der Waals surface area contributed by atoms with Crippen molar-refractivity contribution in [3.05, 3.63) is 88.0 Å². The Balaban J connectivity index is 1.88. The molecular weight excluding hydrogens is 451 g/mol. The van der Waals surface area contributed by atoms with E-state index in [4.69, 9.17) is 32.7 Å². The Morgan fingerprint density at radius 1 is 0.781 bits per heavy atom. The SMILES string of the molecule is COc1ccc(Cl)cc1NC1=C(c2ccccc2)C(=O)N(c2cc(Cl)ccc2OC)C1=O. The molecular formula is C24H18Cl2N2O4. The van der Waals surface area contributed by atoms with Crippen LogP contribution in [-0.2, 0) is 9.59 Å². The van der Waals surface area contributed by atoms with E-state index in [-0.39, 0.29) is 17.0 Å². The number of carbonyl (C=O) groups is 2. The number of nitrogens with one attached hydrogen (secondary N) is 1. The number of rotatable bonds is 6. The molecule has 162 valence electrons. The third-order valence-corrected chi connectivity index (χ3v) is 5.42. The summed E-state index contributed by atoms with van der Waals surface area (Å²) in [7, 11) is 2.96. The summed E-state index contributed by atoms with van der Waals surface area (Å²) in [6, 6.07) is 18.6. The average molecular weight is 469 g/mol. The Hall–Kier alpha value is -3.48. The molecule has 0 unspecified atom stereocenters. The predicted octanol–water partition coefficient (Wildman–Crippen LogP) is 5.41. The quantitative estimate of drug-likeness (QED) is 0.490. The van der Waals surface area contributed by atoms with Crippen LogP contribution in [0.3, 0.4) is 0 Å². The molecule has 0 saturated carbocycles. The van der Waals surface area contributed by atoms with Crippen LogP contribution < -0.4 is 19.7 Å². The number of amides is 2. The lowest BCUT2D eigenvalue weighted by Gasteiger charge is -2.19. The Kier molecular flexibility index (Phi) is 6.08. The molecule has 0 fully saturated rings. The van der Waals surface area contributed by atoms with Crippen LogP contribution in [0, 0.1) is 0 Å². The van der Waals surface area contributed by atoms with Gasteiger partial charge in [0.05, 0.1) is 31.2 Å². The van der Waals surface area contributed by atoms with Crippen LogP contribution >= 0.6 is 23.2 Å². The molecule has 32 heavy (non-hydrogen) atoms. The summed E-state index contributed by atoms with van der Waals surface area (Å²) in [5.74, 6) is -0.264. The van der Waals surface area contributed by atoms with Crippen molar-refractivity contribution < 1.29 is 19.1 Å². The molecule has 0 atom stereocenters. The summed E-state index contributed by atoms with van der Waals surface area (Å²) in [5, 5.41) is 3.87. The molecule has 1 aliphatic rings. The van der Waals surface area contributed by atoms with Crippen molar-refractivity contribution in [3.63, 3.8) is 0 Å². The minimum absolute atomic E-state index is 0.0868. The third kappa shape index (κ3) is 3.90. The number of hydrogen-bond donors (Lipinski definition) is 1. The van der Waals surface area contributed by atoms with Gasteiger partial charge in [0.15, 0.2) is 0 Å². The molecule has 0 saturated heterocycles. The summed E-state index contributed by atoms with van der Waals surface area (Å²) in [6.07, 6.45) is 0. The van der Waals surface area contributed by atoms with Gasteiger partial charge < -0.3 is 14.8 Å². The van der Waals surface area contributed by atoms with Gasteiger partial charge in [-0.3, -0.25) is 9.59 Å². The lowest BCUT2D eigenvalue weighted by atomic mass is 10.0. The van der Waals surface area contributed by atoms with E-state index in [0.717, 1.165) is 4.90 Å². The van der Waals surface area contributed by atoms with Crippen LogP contribution in [0.15, 0.2) is 72.4 Å². The van der Waals surface area contributed by atoms with E-state index in [2.05, 4.69) is 5.32 Å². The van der Waals surface area contributed by atoms with E-state index in [1.807, 2.05) is 6.07 Å². The van der Waals surface area contributed by atoms with Gasteiger partial charge in [-0.05, 0) is 42.0 Å². The summed E-state index contributed by atoms with van der Waals surface area (Å²) >= 11 is 12.3. The maximum Gasteiger partial charge on any atom is 0.282 e. The minimum Gasteiger partial charge on any atom is -0.495 e. The van der Waals surface area contributed by atoms with Crippen molar-refractivity contribution in [2.45, 2.75) is 0 Å². The van der Waals surface area contributed by atoms with E-state index >= 15 is 0 Å². The maximum atomic E-state index is 13.6. The number of benzene rings is 3. The van der Waals surface area contributed by atoms with E-state index in [1.165, 1.54) is 20.3 Å². The number of halogens is 2. The lowest BCUT2D eigenvalue weighted by molar-refractivity contribution is -0.120. The normalized spacial score (nSPS) is 13.6. The number of anilines is 2. The standard InChI is InChI=1S/C24H18Cl2N2O4/c1-31-19-10-8-15(25)12-17(19)27-22-21(14-6-4-3-5-7-14)23(29)28(24(22)30)18-13-16(26)9-11-20(18)32-2/h3-13,27H,1-2H3. The molecule has 0 spiro atoms. The molecule has 4 rings (SSSR count). The second-order valence-electron chi connectivity index (χ2n) is 6.85. The van der Waals surface area contributed by atoms with Crippen LogP contribution in [0.1, 0.15) is 5.56 Å². The fraction of sp³-hybridized carbons (Fsp3) is 0.0833. The zero-order valence-electron chi connectivity index (χ0n) is 17.2. The van der Waals surface area contributed by atoms with Gasteiger partial charge in [0.25, 0.3) is 11.8 Å². The number of ether oxygens (including phenoxy) is 2. The molecule has 0 aliphatic carbocycles. The summed E-state index contributed by atoms with van der Waals surface area (Å²) < 4.78 is 10.8. The molecule has 6 nitrogen and oxygen atoms in total. The van der Waals surface area contributed by atoms with Crippen LogP contribution in [0.25, 0.3) is 5.57 Å². The van der Waals surface area contributed by atoms with Crippen molar-refractivity contribution in [2.24, 2.45) is 0 Å². The highest BCUT2D eigenvalue weighted by Gasteiger charge is 2.41. The Morgan fingerprint density at radius 3 is 2.06 bits per heavy atom. The molecule has 2 amide bonds. The molecule has 0 bridgehead atoms. The number of carbonyl (C=O) groups excluding carboxylic acids is 2. The van der Waals surface area contributed by atoms with Gasteiger partial charge in [0.1, 0.15) is 17.2 Å². The van der Waals surface area contributed by atoms with Crippen LogP contribution in [-0.4, -0.2) is 26.0 Å². The first-order valence-electron chi connectivity index (χ1n) is 9.57. The van der Waals surface area contributed by atoms with Crippen molar-refractivity contribution >= 4 is 52.0 Å². The highest BCUT2D eigenvalue weighted by Crippen LogP contribution is 2.40. The summed E-state index contributed by atoms with van der Waals surface area (Å²) in [5.41, 5.74) is 1.57. The molecule has 1 N–H and O–H groups in total.